The molecule has 0 saturated heterocycles. The topological polar surface area (TPSA) is 43.6 Å². The molecule has 2 aromatic carbocycles. The summed E-state index contributed by atoms with van der Waals surface area (Å²) in [6, 6.07) is 10.9. The number of aromatic nitrogens is 1. The first-order valence-corrected chi connectivity index (χ1v) is 9.55. The second-order valence-corrected chi connectivity index (χ2v) is 6.76. The molecule has 3 rings (SSSR count). The molecule has 8 heteroatoms. The molecule has 0 radical (unpaired) electrons. The van der Waals surface area contributed by atoms with E-state index in [0.29, 0.717) is 35.3 Å². The van der Waals surface area contributed by atoms with E-state index in [2.05, 4.69) is 9.73 Å². The van der Waals surface area contributed by atoms with Crippen LogP contribution in [0.4, 0.5) is 17.6 Å². The minimum atomic E-state index is -4.80. The molecule has 31 heavy (non-hydrogen) atoms. The lowest BCUT2D eigenvalue weighted by molar-refractivity contribution is -0.274. The molecule has 0 bridgehead atoms. The predicted octanol–water partition coefficient (Wildman–Crippen LogP) is 5.48. The van der Waals surface area contributed by atoms with Crippen LogP contribution in [0.5, 0.6) is 5.75 Å². The third-order valence-corrected chi connectivity index (χ3v) is 4.70. The highest BCUT2D eigenvalue weighted by atomic mass is 19.4. The van der Waals surface area contributed by atoms with Crippen molar-refractivity contribution in [2.45, 2.75) is 26.6 Å². The van der Waals surface area contributed by atoms with Crippen molar-refractivity contribution in [3.63, 3.8) is 0 Å². The van der Waals surface area contributed by atoms with Gasteiger partial charge in [-0.1, -0.05) is 12.1 Å². The van der Waals surface area contributed by atoms with Gasteiger partial charge in [-0.3, -0.25) is 14.4 Å². The normalized spacial score (nSPS) is 11.8. The van der Waals surface area contributed by atoms with Gasteiger partial charge < -0.3 is 4.74 Å². The lowest BCUT2D eigenvalue weighted by Crippen LogP contribution is -2.24. The summed E-state index contributed by atoms with van der Waals surface area (Å²) < 4.78 is 55.9. The van der Waals surface area contributed by atoms with Gasteiger partial charge in [-0.15, -0.1) is 13.2 Å². The Labute approximate surface area is 176 Å². The Morgan fingerprint density at radius 1 is 1.06 bits per heavy atom. The van der Waals surface area contributed by atoms with Crippen LogP contribution in [0, 0.1) is 12.7 Å². The number of ether oxygens (including phenoxy) is 1. The summed E-state index contributed by atoms with van der Waals surface area (Å²) in [7, 11) is 0. The van der Waals surface area contributed by atoms with Gasteiger partial charge in [0.2, 0.25) is 0 Å². The molecule has 3 aromatic rings. The number of hydrogen-bond acceptors (Lipinski definition) is 3. The SMILES string of the molecule is CCN=CCc1c(C)c(-c2ccc(F)cc2)cn(-c2ccc(OC(F)(F)F)cc2)c1=O. The van der Waals surface area contributed by atoms with E-state index in [-0.39, 0.29) is 17.1 Å². The van der Waals surface area contributed by atoms with E-state index in [1.807, 2.05) is 6.92 Å². The number of nitrogens with zero attached hydrogens (tertiary/aromatic N) is 2. The average Bonchev–Trinajstić information content (AvgIpc) is 2.71. The number of aliphatic imine (C=N–C) groups is 1. The molecule has 0 amide bonds. The molecular weight excluding hydrogens is 412 g/mol. The van der Waals surface area contributed by atoms with Gasteiger partial charge in [0.25, 0.3) is 5.56 Å². The molecule has 1 aromatic heterocycles. The number of pyridine rings is 1. The monoisotopic (exact) mass is 432 g/mol. The first kappa shape index (κ1) is 22.3. The van der Waals surface area contributed by atoms with Crippen molar-refractivity contribution in [1.29, 1.82) is 0 Å². The second kappa shape index (κ2) is 9.16. The molecule has 0 aliphatic heterocycles. The largest absolute Gasteiger partial charge is 0.573 e. The summed E-state index contributed by atoms with van der Waals surface area (Å²) in [5.74, 6) is -0.768. The van der Waals surface area contributed by atoms with Gasteiger partial charge in [0.15, 0.2) is 0 Å². The molecule has 0 unspecified atom stereocenters. The predicted molar refractivity (Wildman–Crippen MR) is 112 cm³/mol. The van der Waals surface area contributed by atoms with Gasteiger partial charge in [0, 0.05) is 42.2 Å². The maximum absolute atomic E-state index is 13.4. The quantitative estimate of drug-likeness (QED) is 0.382. The molecule has 0 fully saturated rings. The van der Waals surface area contributed by atoms with E-state index in [1.54, 1.807) is 31.5 Å². The van der Waals surface area contributed by atoms with Crippen LogP contribution in [-0.2, 0) is 6.42 Å². The zero-order valence-electron chi connectivity index (χ0n) is 16.9. The number of halogens is 4. The first-order chi connectivity index (χ1) is 14.7. The Morgan fingerprint density at radius 2 is 1.71 bits per heavy atom. The fourth-order valence-corrected chi connectivity index (χ4v) is 3.20. The van der Waals surface area contributed by atoms with E-state index in [1.165, 1.54) is 28.8 Å². The highest BCUT2D eigenvalue weighted by Gasteiger charge is 2.31. The van der Waals surface area contributed by atoms with Crippen LogP contribution in [0.25, 0.3) is 16.8 Å². The number of benzene rings is 2. The fraction of sp³-hybridized carbons (Fsp3) is 0.217. The van der Waals surface area contributed by atoms with E-state index in [9.17, 15) is 22.4 Å². The molecule has 1 heterocycles. The van der Waals surface area contributed by atoms with Crippen LogP contribution in [0.1, 0.15) is 18.1 Å². The van der Waals surface area contributed by atoms with E-state index in [0.717, 1.165) is 17.7 Å². The molecular formula is C23H20F4N2O2. The third kappa shape index (κ3) is 5.39. The van der Waals surface area contributed by atoms with E-state index >= 15 is 0 Å². The summed E-state index contributed by atoms with van der Waals surface area (Å²) >= 11 is 0. The third-order valence-electron chi connectivity index (χ3n) is 4.70. The molecule has 162 valence electrons. The number of rotatable bonds is 6. The molecule has 0 N–H and O–H groups in total. The standard InChI is InChI=1S/C23H20F4N2O2/c1-3-28-13-12-20-15(2)21(16-4-6-17(24)7-5-16)14-29(22(20)30)18-8-10-19(11-9-18)31-23(25,26)27/h4-11,13-14H,3,12H2,1-2H3. The van der Waals surface area contributed by atoms with E-state index in [4.69, 9.17) is 0 Å². The summed E-state index contributed by atoms with van der Waals surface area (Å²) in [5, 5.41) is 0. The molecule has 0 atom stereocenters. The molecule has 0 spiro atoms. The highest BCUT2D eigenvalue weighted by molar-refractivity contribution is 5.71. The average molecular weight is 432 g/mol. The van der Waals surface area contributed by atoms with E-state index < -0.39 is 6.36 Å². The zero-order chi connectivity index (χ0) is 22.6. The van der Waals surface area contributed by atoms with Crippen LogP contribution in [0.15, 0.2) is 64.5 Å². The van der Waals surface area contributed by atoms with Gasteiger partial charge in [0.05, 0.1) is 0 Å². The Bertz CT molecular complexity index is 1130. The number of alkyl halides is 3. The molecule has 0 aliphatic carbocycles. The number of hydrogen-bond donors (Lipinski definition) is 0. The molecule has 0 aliphatic rings. The summed E-state index contributed by atoms with van der Waals surface area (Å²) in [5.41, 5.74) is 2.70. The van der Waals surface area contributed by atoms with Crippen LogP contribution < -0.4 is 10.3 Å². The van der Waals surface area contributed by atoms with Crippen LogP contribution >= 0.6 is 0 Å². The lowest BCUT2D eigenvalue weighted by Gasteiger charge is -2.16. The van der Waals surface area contributed by atoms with Crippen molar-refractivity contribution >= 4 is 6.21 Å². The van der Waals surface area contributed by atoms with Gasteiger partial charge in [-0.05, 0) is 61.4 Å². The molecule has 0 saturated carbocycles. The Kier molecular flexibility index (Phi) is 6.58. The summed E-state index contributed by atoms with van der Waals surface area (Å²) in [6.07, 6.45) is -1.25. The van der Waals surface area contributed by atoms with Crippen molar-refractivity contribution in [2.75, 3.05) is 6.54 Å². The van der Waals surface area contributed by atoms with Crippen molar-refractivity contribution in [3.05, 3.63) is 82.0 Å². The highest BCUT2D eigenvalue weighted by Crippen LogP contribution is 2.27. The Balaban J connectivity index is 2.13. The van der Waals surface area contributed by atoms with Crippen LogP contribution in [0.2, 0.25) is 0 Å². The van der Waals surface area contributed by atoms with Gasteiger partial charge in [-0.25, -0.2) is 4.39 Å². The maximum Gasteiger partial charge on any atom is 0.573 e. The minimum absolute atomic E-state index is 0.294. The Morgan fingerprint density at radius 3 is 2.29 bits per heavy atom. The van der Waals surface area contributed by atoms with Crippen molar-refractivity contribution in [1.82, 2.24) is 4.57 Å². The van der Waals surface area contributed by atoms with Crippen molar-refractivity contribution in [3.8, 4) is 22.6 Å². The fourth-order valence-electron chi connectivity index (χ4n) is 3.20. The smallest absolute Gasteiger partial charge is 0.406 e. The second-order valence-electron chi connectivity index (χ2n) is 6.76. The van der Waals surface area contributed by atoms with Gasteiger partial charge >= 0.3 is 6.36 Å². The van der Waals surface area contributed by atoms with Gasteiger partial charge in [-0.2, -0.15) is 0 Å². The van der Waals surface area contributed by atoms with Crippen LogP contribution in [0.3, 0.4) is 0 Å². The summed E-state index contributed by atoms with van der Waals surface area (Å²) in [4.78, 5) is 17.3. The summed E-state index contributed by atoms with van der Waals surface area (Å²) in [6.45, 7) is 4.26. The van der Waals surface area contributed by atoms with Crippen LogP contribution in [-0.4, -0.2) is 23.7 Å². The lowest BCUT2D eigenvalue weighted by atomic mass is 9.97. The van der Waals surface area contributed by atoms with Crippen molar-refractivity contribution in [2.24, 2.45) is 4.99 Å². The minimum Gasteiger partial charge on any atom is -0.406 e. The maximum atomic E-state index is 13.4. The zero-order valence-corrected chi connectivity index (χ0v) is 16.9. The van der Waals surface area contributed by atoms with Crippen molar-refractivity contribution < 1.29 is 22.3 Å². The first-order valence-electron chi connectivity index (χ1n) is 9.55. The Hall–Kier alpha value is -3.42. The van der Waals surface area contributed by atoms with Gasteiger partial charge in [0.1, 0.15) is 11.6 Å². The molecule has 4 nitrogen and oxygen atoms in total.